The van der Waals surface area contributed by atoms with Gasteiger partial charge in [-0.15, -0.1) is 0 Å². The molecule has 0 saturated carbocycles. The molecule has 1 saturated heterocycles. The fourth-order valence-corrected chi connectivity index (χ4v) is 4.80. The summed E-state index contributed by atoms with van der Waals surface area (Å²) in [5.74, 6) is 1.04. The highest BCUT2D eigenvalue weighted by atomic mass is 32.2. The Balaban J connectivity index is 2.08. The summed E-state index contributed by atoms with van der Waals surface area (Å²) < 4.78 is 23.0. The van der Waals surface area contributed by atoms with E-state index in [-0.39, 0.29) is 6.04 Å². The highest BCUT2D eigenvalue weighted by molar-refractivity contribution is 7.91. The van der Waals surface area contributed by atoms with E-state index in [1.165, 1.54) is 18.4 Å². The zero-order valence-electron chi connectivity index (χ0n) is 9.91. The van der Waals surface area contributed by atoms with Gasteiger partial charge in [-0.05, 0) is 45.1 Å². The van der Waals surface area contributed by atoms with Crippen molar-refractivity contribution in [2.75, 3.05) is 18.6 Å². The number of sulfone groups is 1. The molecule has 2 unspecified atom stereocenters. The molecule has 1 heterocycles. The van der Waals surface area contributed by atoms with E-state index in [1.807, 2.05) is 7.05 Å². The van der Waals surface area contributed by atoms with Crippen LogP contribution in [0.4, 0.5) is 0 Å². The number of allylic oxidation sites excluding steroid dienone is 1. The van der Waals surface area contributed by atoms with Gasteiger partial charge in [-0.2, -0.15) is 0 Å². The Hall–Kier alpha value is -0.350. The van der Waals surface area contributed by atoms with Crippen LogP contribution >= 0.6 is 0 Å². The van der Waals surface area contributed by atoms with E-state index < -0.39 is 9.84 Å². The third-order valence-electron chi connectivity index (χ3n) is 3.78. The summed E-state index contributed by atoms with van der Waals surface area (Å²) in [6.07, 6.45) is 7.97. The van der Waals surface area contributed by atoms with E-state index in [9.17, 15) is 8.42 Å². The maximum absolute atomic E-state index is 11.5. The van der Waals surface area contributed by atoms with Gasteiger partial charge in [0.25, 0.3) is 0 Å². The number of nitrogens with one attached hydrogen (secondary N) is 1. The summed E-state index contributed by atoms with van der Waals surface area (Å²) in [6, 6.07) is 0.289. The number of hydrogen-bond donors (Lipinski definition) is 1. The average molecular weight is 243 g/mol. The topological polar surface area (TPSA) is 46.2 Å². The van der Waals surface area contributed by atoms with Crippen molar-refractivity contribution < 1.29 is 8.42 Å². The Labute approximate surface area is 98.2 Å². The lowest BCUT2D eigenvalue weighted by atomic mass is 9.86. The molecule has 0 spiro atoms. The van der Waals surface area contributed by atoms with Crippen LogP contribution < -0.4 is 5.32 Å². The summed E-state index contributed by atoms with van der Waals surface area (Å²) in [5.41, 5.74) is 1.44. The van der Waals surface area contributed by atoms with Crippen LogP contribution in [0.3, 0.4) is 0 Å². The summed E-state index contributed by atoms with van der Waals surface area (Å²) in [5, 5.41) is 3.32. The Bertz CT molecular complexity index is 372. The first-order chi connectivity index (χ1) is 7.62. The molecule has 3 nitrogen and oxygen atoms in total. The molecule has 2 rings (SSSR count). The van der Waals surface area contributed by atoms with Gasteiger partial charge >= 0.3 is 0 Å². The molecule has 4 heteroatoms. The highest BCUT2D eigenvalue weighted by Gasteiger charge is 2.34. The summed E-state index contributed by atoms with van der Waals surface area (Å²) >= 11 is 0. The average Bonchev–Trinajstić information content (AvgIpc) is 2.62. The predicted octanol–water partition coefficient (Wildman–Crippen LogP) is 1.51. The van der Waals surface area contributed by atoms with Gasteiger partial charge in [0.15, 0.2) is 9.84 Å². The number of likely N-dealkylation sites (N-methyl/N-ethyl adjacent to an activating group) is 1. The first-order valence-corrected chi connectivity index (χ1v) is 8.01. The van der Waals surface area contributed by atoms with Gasteiger partial charge in [0.1, 0.15) is 0 Å². The van der Waals surface area contributed by atoms with E-state index in [4.69, 9.17) is 0 Å². The molecule has 2 atom stereocenters. The molecule has 0 bridgehead atoms. The lowest BCUT2D eigenvalue weighted by molar-refractivity contribution is 0.432. The largest absolute Gasteiger partial charge is 0.313 e. The summed E-state index contributed by atoms with van der Waals surface area (Å²) in [6.45, 7) is 0. The maximum Gasteiger partial charge on any atom is 0.150 e. The van der Waals surface area contributed by atoms with Gasteiger partial charge in [-0.3, -0.25) is 0 Å². The van der Waals surface area contributed by atoms with Crippen LogP contribution in [-0.2, 0) is 9.84 Å². The van der Waals surface area contributed by atoms with Crippen molar-refractivity contribution >= 4 is 9.84 Å². The SMILES string of the molecule is CNC(C1=CCCCC1)C1CCS(=O)(=O)C1. The van der Waals surface area contributed by atoms with E-state index in [1.54, 1.807) is 0 Å². The van der Waals surface area contributed by atoms with Crippen molar-refractivity contribution in [1.82, 2.24) is 5.32 Å². The molecule has 1 fully saturated rings. The van der Waals surface area contributed by atoms with Crippen molar-refractivity contribution in [2.45, 2.75) is 38.1 Å². The van der Waals surface area contributed by atoms with Crippen LogP contribution in [0.15, 0.2) is 11.6 Å². The summed E-state index contributed by atoms with van der Waals surface area (Å²) in [7, 11) is -0.807. The molecule has 1 aliphatic carbocycles. The first kappa shape index (κ1) is 12.1. The third-order valence-corrected chi connectivity index (χ3v) is 5.57. The zero-order valence-corrected chi connectivity index (χ0v) is 10.7. The minimum absolute atomic E-state index is 0.289. The minimum atomic E-state index is -2.76. The maximum atomic E-state index is 11.5. The second-order valence-corrected chi connectivity index (χ2v) is 7.18. The fourth-order valence-electron chi connectivity index (χ4n) is 2.96. The van der Waals surface area contributed by atoms with Crippen LogP contribution in [0.2, 0.25) is 0 Å². The smallest absolute Gasteiger partial charge is 0.150 e. The highest BCUT2D eigenvalue weighted by Crippen LogP contribution is 2.30. The molecule has 16 heavy (non-hydrogen) atoms. The molecule has 1 N–H and O–H groups in total. The molecule has 0 aromatic carbocycles. The normalized spacial score (nSPS) is 31.1. The zero-order chi connectivity index (χ0) is 11.6. The van der Waals surface area contributed by atoms with Gasteiger partial charge in [-0.25, -0.2) is 8.42 Å². The lowest BCUT2D eigenvalue weighted by Crippen LogP contribution is -2.36. The molecule has 2 aliphatic rings. The molecule has 92 valence electrons. The second kappa shape index (κ2) is 4.88. The van der Waals surface area contributed by atoms with E-state index in [0.29, 0.717) is 17.4 Å². The Morgan fingerprint density at radius 2 is 2.25 bits per heavy atom. The quantitative estimate of drug-likeness (QED) is 0.764. The standard InChI is InChI=1S/C12H21NO2S/c1-13-12(10-5-3-2-4-6-10)11-7-8-16(14,15)9-11/h5,11-13H,2-4,6-9H2,1H3. The summed E-state index contributed by atoms with van der Waals surface area (Å²) in [4.78, 5) is 0. The Kier molecular flexibility index (Phi) is 3.70. The van der Waals surface area contributed by atoms with Crippen LogP contribution in [-0.4, -0.2) is 33.0 Å². The third kappa shape index (κ3) is 2.66. The first-order valence-electron chi connectivity index (χ1n) is 6.19. The van der Waals surface area contributed by atoms with E-state index >= 15 is 0 Å². The molecule has 0 aromatic heterocycles. The van der Waals surface area contributed by atoms with Crippen LogP contribution in [0.25, 0.3) is 0 Å². The minimum Gasteiger partial charge on any atom is -0.313 e. The van der Waals surface area contributed by atoms with Crippen molar-refractivity contribution in [1.29, 1.82) is 0 Å². The lowest BCUT2D eigenvalue weighted by Gasteiger charge is -2.27. The molecule has 0 amide bonds. The van der Waals surface area contributed by atoms with Crippen LogP contribution in [0, 0.1) is 5.92 Å². The molecular weight excluding hydrogens is 222 g/mol. The number of hydrogen-bond acceptors (Lipinski definition) is 3. The number of rotatable bonds is 3. The molecular formula is C12H21NO2S. The van der Waals surface area contributed by atoms with Gasteiger partial charge in [-0.1, -0.05) is 11.6 Å². The molecule has 0 radical (unpaired) electrons. The monoisotopic (exact) mass is 243 g/mol. The van der Waals surface area contributed by atoms with E-state index in [2.05, 4.69) is 11.4 Å². The van der Waals surface area contributed by atoms with Crippen LogP contribution in [0.5, 0.6) is 0 Å². The van der Waals surface area contributed by atoms with Crippen molar-refractivity contribution in [2.24, 2.45) is 5.92 Å². The van der Waals surface area contributed by atoms with Gasteiger partial charge < -0.3 is 5.32 Å². The van der Waals surface area contributed by atoms with Crippen molar-refractivity contribution in [3.8, 4) is 0 Å². The fraction of sp³-hybridized carbons (Fsp3) is 0.833. The predicted molar refractivity (Wildman–Crippen MR) is 66.2 cm³/mol. The molecule has 0 aromatic rings. The van der Waals surface area contributed by atoms with Crippen molar-refractivity contribution in [3.63, 3.8) is 0 Å². The van der Waals surface area contributed by atoms with Crippen molar-refractivity contribution in [3.05, 3.63) is 11.6 Å². The van der Waals surface area contributed by atoms with E-state index in [0.717, 1.165) is 19.3 Å². The molecule has 1 aliphatic heterocycles. The second-order valence-electron chi connectivity index (χ2n) is 4.95. The Morgan fingerprint density at radius 1 is 1.44 bits per heavy atom. The Morgan fingerprint density at radius 3 is 2.75 bits per heavy atom. The van der Waals surface area contributed by atoms with Gasteiger partial charge in [0.05, 0.1) is 11.5 Å². The van der Waals surface area contributed by atoms with Crippen LogP contribution in [0.1, 0.15) is 32.1 Å². The van der Waals surface area contributed by atoms with Gasteiger partial charge in [0.2, 0.25) is 0 Å². The van der Waals surface area contributed by atoms with Gasteiger partial charge in [0, 0.05) is 6.04 Å².